The maximum atomic E-state index is 13.1. The summed E-state index contributed by atoms with van der Waals surface area (Å²) in [6.45, 7) is 3.26. The molecule has 4 rings (SSSR count). The molecule has 2 heterocycles. The minimum atomic E-state index is -3.49. The van der Waals surface area contributed by atoms with Crippen molar-refractivity contribution in [1.29, 1.82) is 0 Å². The van der Waals surface area contributed by atoms with Crippen LogP contribution in [-0.2, 0) is 10.0 Å². The lowest BCUT2D eigenvalue weighted by Crippen LogP contribution is -2.39. The molecule has 1 aromatic heterocycles. The summed E-state index contributed by atoms with van der Waals surface area (Å²) >= 11 is 1.43. The molecule has 30 heavy (non-hydrogen) atoms. The molecule has 1 N–H and O–H groups in total. The van der Waals surface area contributed by atoms with Gasteiger partial charge < -0.3 is 0 Å². The van der Waals surface area contributed by atoms with Crippen LogP contribution in [0.5, 0.6) is 0 Å². The number of sulfonamides is 1. The molecule has 3 aromatic rings. The van der Waals surface area contributed by atoms with Gasteiger partial charge in [0.05, 0.1) is 16.8 Å². The lowest BCUT2D eigenvalue weighted by molar-refractivity contribution is 0.281. The molecule has 6 nitrogen and oxygen atoms in total. The molecule has 1 aliphatic rings. The quantitative estimate of drug-likeness (QED) is 0.446. The number of hydrogen-bond acceptors (Lipinski definition) is 6. The molecule has 1 aliphatic heterocycles. The van der Waals surface area contributed by atoms with Crippen LogP contribution in [0.25, 0.3) is 11.3 Å². The largest absolute Gasteiger partial charge is 0.253 e. The van der Waals surface area contributed by atoms with Crippen molar-refractivity contribution in [3.05, 3.63) is 65.5 Å². The minimum Gasteiger partial charge on any atom is -0.253 e. The first-order chi connectivity index (χ1) is 14.5. The molecule has 1 fully saturated rings. The predicted molar refractivity (Wildman–Crippen MR) is 122 cm³/mol. The van der Waals surface area contributed by atoms with Crippen molar-refractivity contribution in [2.45, 2.75) is 24.7 Å². The van der Waals surface area contributed by atoms with Crippen LogP contribution in [0.3, 0.4) is 0 Å². The van der Waals surface area contributed by atoms with E-state index < -0.39 is 10.0 Å². The first-order valence-electron chi connectivity index (χ1n) is 9.92. The van der Waals surface area contributed by atoms with Crippen LogP contribution in [0.15, 0.2) is 70.0 Å². The van der Waals surface area contributed by atoms with Crippen molar-refractivity contribution >= 4 is 32.7 Å². The Morgan fingerprint density at radius 2 is 2.03 bits per heavy atom. The highest BCUT2D eigenvalue weighted by atomic mass is 32.2. The summed E-state index contributed by atoms with van der Waals surface area (Å²) in [5, 5.41) is 6.76. The number of rotatable bonds is 6. The van der Waals surface area contributed by atoms with Crippen LogP contribution in [0.1, 0.15) is 25.3 Å². The molecule has 0 spiro atoms. The molecule has 0 amide bonds. The summed E-state index contributed by atoms with van der Waals surface area (Å²) in [7, 11) is -3.49. The topological polar surface area (TPSA) is 74.7 Å². The van der Waals surface area contributed by atoms with E-state index in [1.165, 1.54) is 11.3 Å². The maximum absolute atomic E-state index is 13.1. The van der Waals surface area contributed by atoms with E-state index in [2.05, 4.69) is 22.4 Å². The van der Waals surface area contributed by atoms with Gasteiger partial charge in [0.15, 0.2) is 0 Å². The van der Waals surface area contributed by atoms with Gasteiger partial charge in [-0.25, -0.2) is 13.4 Å². The molecule has 156 valence electrons. The first kappa shape index (κ1) is 20.7. The molecule has 2 aromatic carbocycles. The van der Waals surface area contributed by atoms with E-state index in [4.69, 9.17) is 0 Å². The number of benzene rings is 2. The zero-order chi connectivity index (χ0) is 21.0. The van der Waals surface area contributed by atoms with Crippen molar-refractivity contribution < 1.29 is 8.42 Å². The Hall–Kier alpha value is -2.55. The number of hydrogen-bond donors (Lipinski definition) is 1. The van der Waals surface area contributed by atoms with E-state index in [1.807, 2.05) is 41.8 Å². The van der Waals surface area contributed by atoms with Crippen molar-refractivity contribution in [3.8, 4) is 11.3 Å². The molecule has 8 heteroatoms. The van der Waals surface area contributed by atoms with Gasteiger partial charge >= 0.3 is 0 Å². The van der Waals surface area contributed by atoms with E-state index in [0.29, 0.717) is 29.0 Å². The second-order valence-corrected chi connectivity index (χ2v) is 10.3. The van der Waals surface area contributed by atoms with Gasteiger partial charge in [0.2, 0.25) is 15.2 Å². The van der Waals surface area contributed by atoms with Crippen LogP contribution in [0.2, 0.25) is 0 Å². The SMILES string of the molecule is CC1CCCN(S(=O)(=O)c2cccc(-c3csc(N/N=C/c4ccccc4)n3)c2)C1. The Balaban J connectivity index is 1.50. The Morgan fingerprint density at radius 1 is 1.20 bits per heavy atom. The summed E-state index contributed by atoms with van der Waals surface area (Å²) < 4.78 is 27.8. The Bertz CT molecular complexity index is 1130. The zero-order valence-electron chi connectivity index (χ0n) is 16.7. The standard InChI is InChI=1S/C22H24N4O2S2/c1-17-7-6-12-26(15-17)30(27,28)20-11-5-10-19(13-20)21-16-29-22(24-21)25-23-14-18-8-3-2-4-9-18/h2-5,8-11,13-14,16-17H,6-7,12,15H2,1H3,(H,24,25)/b23-14+. The normalized spacial score (nSPS) is 18.0. The Kier molecular flexibility index (Phi) is 6.26. The Labute approximate surface area is 181 Å². The predicted octanol–water partition coefficient (Wildman–Crippen LogP) is 4.68. The summed E-state index contributed by atoms with van der Waals surface area (Å²) in [6.07, 6.45) is 3.71. The summed E-state index contributed by atoms with van der Waals surface area (Å²) in [5.41, 5.74) is 5.43. The fourth-order valence-electron chi connectivity index (χ4n) is 3.49. The molecule has 0 saturated carbocycles. The van der Waals surface area contributed by atoms with Gasteiger partial charge in [-0.2, -0.15) is 9.41 Å². The second-order valence-electron chi connectivity index (χ2n) is 7.46. The minimum absolute atomic E-state index is 0.318. The van der Waals surface area contributed by atoms with Crippen molar-refractivity contribution in [3.63, 3.8) is 0 Å². The number of thiazole rings is 1. The smallest absolute Gasteiger partial charge is 0.243 e. The average Bonchev–Trinajstić information content (AvgIpc) is 3.24. The second kappa shape index (κ2) is 9.07. The Morgan fingerprint density at radius 3 is 2.83 bits per heavy atom. The van der Waals surface area contributed by atoms with Gasteiger partial charge in [0.1, 0.15) is 0 Å². The van der Waals surface area contributed by atoms with Gasteiger partial charge in [0.25, 0.3) is 0 Å². The molecule has 1 atom stereocenters. The summed E-state index contributed by atoms with van der Waals surface area (Å²) in [6, 6.07) is 16.8. The van der Waals surface area contributed by atoms with Gasteiger partial charge in [-0.3, -0.25) is 5.43 Å². The molecular formula is C22H24N4O2S2. The third kappa shape index (κ3) is 4.77. The molecule has 1 unspecified atom stereocenters. The van der Waals surface area contributed by atoms with Gasteiger partial charge in [-0.15, -0.1) is 11.3 Å². The number of aromatic nitrogens is 1. The highest BCUT2D eigenvalue weighted by Gasteiger charge is 2.28. The highest BCUT2D eigenvalue weighted by molar-refractivity contribution is 7.89. The molecule has 0 aliphatic carbocycles. The van der Waals surface area contributed by atoms with Crippen LogP contribution in [0.4, 0.5) is 5.13 Å². The van der Waals surface area contributed by atoms with Crippen molar-refractivity contribution in [1.82, 2.24) is 9.29 Å². The van der Waals surface area contributed by atoms with Crippen LogP contribution in [0, 0.1) is 5.92 Å². The number of piperidine rings is 1. The number of nitrogens with zero attached hydrogens (tertiary/aromatic N) is 3. The molecule has 1 saturated heterocycles. The fraction of sp³-hybridized carbons (Fsp3) is 0.273. The number of anilines is 1. The van der Waals surface area contributed by atoms with Crippen molar-refractivity contribution in [2.24, 2.45) is 11.0 Å². The van der Waals surface area contributed by atoms with E-state index in [9.17, 15) is 8.42 Å². The number of hydrazone groups is 1. The highest BCUT2D eigenvalue weighted by Crippen LogP contribution is 2.29. The summed E-state index contributed by atoms with van der Waals surface area (Å²) in [4.78, 5) is 4.86. The maximum Gasteiger partial charge on any atom is 0.243 e. The first-order valence-corrected chi connectivity index (χ1v) is 12.2. The molecule has 0 radical (unpaired) electrons. The van der Waals surface area contributed by atoms with Gasteiger partial charge in [-0.1, -0.05) is 49.4 Å². The lowest BCUT2D eigenvalue weighted by Gasteiger charge is -2.30. The van der Waals surface area contributed by atoms with E-state index in [-0.39, 0.29) is 0 Å². The van der Waals surface area contributed by atoms with E-state index in [1.54, 1.807) is 28.7 Å². The van der Waals surface area contributed by atoms with E-state index in [0.717, 1.165) is 29.7 Å². The van der Waals surface area contributed by atoms with E-state index >= 15 is 0 Å². The zero-order valence-corrected chi connectivity index (χ0v) is 18.4. The summed E-state index contributed by atoms with van der Waals surface area (Å²) in [5.74, 6) is 0.389. The van der Waals surface area contributed by atoms with Crippen molar-refractivity contribution in [2.75, 3.05) is 18.5 Å². The fourth-order valence-corrected chi connectivity index (χ4v) is 5.80. The van der Waals surface area contributed by atoms with Crippen LogP contribution >= 0.6 is 11.3 Å². The molecular weight excluding hydrogens is 416 g/mol. The lowest BCUT2D eigenvalue weighted by atomic mass is 10.0. The molecule has 0 bridgehead atoms. The third-order valence-electron chi connectivity index (χ3n) is 5.06. The number of nitrogens with one attached hydrogen (secondary N) is 1. The van der Waals surface area contributed by atoms with Crippen LogP contribution in [-0.4, -0.2) is 37.0 Å². The average molecular weight is 441 g/mol. The van der Waals surface area contributed by atoms with Crippen LogP contribution < -0.4 is 5.43 Å². The van der Waals surface area contributed by atoms with Gasteiger partial charge in [-0.05, 0) is 36.5 Å². The third-order valence-corrected chi connectivity index (χ3v) is 7.67. The monoisotopic (exact) mass is 440 g/mol. The van der Waals surface area contributed by atoms with Gasteiger partial charge in [0, 0.05) is 24.0 Å².